The standard InChI is InChI=1S/C25H23BrClNO2/c26-23-16-21(27)15-20-12-14-22(13-11-18-7-3-1-4-8-18)28(24(20)23)25(29)30-17-19-9-5-2-6-10-19/h1-10,15-16,22H,11-14,17H2. The molecule has 4 rings (SSSR count). The quantitative estimate of drug-likeness (QED) is 0.383. The number of amides is 1. The van der Waals surface area contributed by atoms with E-state index in [1.54, 1.807) is 0 Å². The number of rotatable bonds is 5. The van der Waals surface area contributed by atoms with Crippen molar-refractivity contribution in [3.05, 3.63) is 99.0 Å². The number of ether oxygens (including phenoxy) is 1. The summed E-state index contributed by atoms with van der Waals surface area (Å²) in [6, 6.07) is 24.0. The number of aryl methyl sites for hydroxylation is 2. The normalized spacial score (nSPS) is 15.5. The molecular weight excluding hydrogens is 462 g/mol. The van der Waals surface area contributed by atoms with E-state index in [0.29, 0.717) is 5.02 Å². The minimum atomic E-state index is -0.319. The summed E-state index contributed by atoms with van der Waals surface area (Å²) in [5.74, 6) is 0. The van der Waals surface area contributed by atoms with E-state index < -0.39 is 0 Å². The van der Waals surface area contributed by atoms with Crippen LogP contribution in [0.4, 0.5) is 10.5 Å². The molecular formula is C25H23BrClNO2. The van der Waals surface area contributed by atoms with Crippen LogP contribution < -0.4 is 4.90 Å². The molecule has 0 aromatic heterocycles. The van der Waals surface area contributed by atoms with Gasteiger partial charge < -0.3 is 4.74 Å². The summed E-state index contributed by atoms with van der Waals surface area (Å²) in [7, 11) is 0. The summed E-state index contributed by atoms with van der Waals surface area (Å²) in [4.78, 5) is 15.1. The smallest absolute Gasteiger partial charge is 0.414 e. The van der Waals surface area contributed by atoms with E-state index >= 15 is 0 Å². The second kappa shape index (κ2) is 9.67. The van der Waals surface area contributed by atoms with Crippen molar-refractivity contribution in [3.63, 3.8) is 0 Å². The molecule has 3 aromatic rings. The molecule has 30 heavy (non-hydrogen) atoms. The summed E-state index contributed by atoms with van der Waals surface area (Å²) in [5, 5.41) is 0.668. The number of anilines is 1. The molecule has 1 unspecified atom stereocenters. The van der Waals surface area contributed by atoms with Crippen LogP contribution in [0, 0.1) is 0 Å². The molecule has 0 aliphatic carbocycles. The summed E-state index contributed by atoms with van der Waals surface area (Å²) in [5.41, 5.74) is 4.19. The molecule has 1 aliphatic heterocycles. The van der Waals surface area contributed by atoms with Gasteiger partial charge in [0.05, 0.1) is 5.69 Å². The Balaban J connectivity index is 1.58. The minimum absolute atomic E-state index is 0.0680. The van der Waals surface area contributed by atoms with E-state index in [1.807, 2.05) is 53.4 Å². The van der Waals surface area contributed by atoms with Gasteiger partial charge in [-0.25, -0.2) is 4.79 Å². The zero-order valence-corrected chi connectivity index (χ0v) is 18.9. The van der Waals surface area contributed by atoms with Crippen molar-refractivity contribution in [2.75, 3.05) is 4.90 Å². The van der Waals surface area contributed by atoms with Crippen LogP contribution >= 0.6 is 27.5 Å². The molecule has 0 N–H and O–H groups in total. The van der Waals surface area contributed by atoms with E-state index in [0.717, 1.165) is 47.0 Å². The lowest BCUT2D eigenvalue weighted by atomic mass is 9.92. The van der Waals surface area contributed by atoms with Crippen LogP contribution in [0.5, 0.6) is 0 Å². The first-order valence-electron chi connectivity index (χ1n) is 10.1. The lowest BCUT2D eigenvalue weighted by molar-refractivity contribution is 0.143. The Kier molecular flexibility index (Phi) is 6.76. The second-order valence-corrected chi connectivity index (χ2v) is 8.81. The first kappa shape index (κ1) is 21.0. The maximum absolute atomic E-state index is 13.2. The van der Waals surface area contributed by atoms with E-state index in [-0.39, 0.29) is 18.7 Å². The Labute approximate surface area is 190 Å². The lowest BCUT2D eigenvalue weighted by Crippen LogP contribution is -2.44. The molecule has 0 radical (unpaired) electrons. The van der Waals surface area contributed by atoms with Gasteiger partial charge in [-0.2, -0.15) is 0 Å². The van der Waals surface area contributed by atoms with Crippen molar-refractivity contribution in [2.24, 2.45) is 0 Å². The zero-order chi connectivity index (χ0) is 20.9. The Morgan fingerprint density at radius 3 is 2.40 bits per heavy atom. The van der Waals surface area contributed by atoms with Gasteiger partial charge in [0.15, 0.2) is 0 Å². The van der Waals surface area contributed by atoms with Crippen LogP contribution in [-0.2, 0) is 24.2 Å². The molecule has 1 atom stereocenters. The van der Waals surface area contributed by atoms with Crippen LogP contribution in [0.2, 0.25) is 5.02 Å². The number of nitrogens with zero attached hydrogens (tertiary/aromatic N) is 1. The van der Waals surface area contributed by atoms with Gasteiger partial charge in [0.2, 0.25) is 0 Å². The summed E-state index contributed by atoms with van der Waals surface area (Å²) >= 11 is 9.89. The molecule has 0 saturated heterocycles. The van der Waals surface area contributed by atoms with Gasteiger partial charge in [-0.3, -0.25) is 4.90 Å². The zero-order valence-electron chi connectivity index (χ0n) is 16.6. The highest BCUT2D eigenvalue weighted by Crippen LogP contribution is 2.40. The first-order chi connectivity index (χ1) is 14.6. The number of carbonyl (C=O) groups is 1. The van der Waals surface area contributed by atoms with E-state index in [9.17, 15) is 4.79 Å². The second-order valence-electron chi connectivity index (χ2n) is 7.52. The predicted molar refractivity (Wildman–Crippen MR) is 125 cm³/mol. The van der Waals surface area contributed by atoms with Crippen LogP contribution in [0.3, 0.4) is 0 Å². The van der Waals surface area contributed by atoms with Crippen molar-refractivity contribution in [1.29, 1.82) is 0 Å². The van der Waals surface area contributed by atoms with Gasteiger partial charge in [-0.1, -0.05) is 72.3 Å². The number of hydrogen-bond donors (Lipinski definition) is 0. The van der Waals surface area contributed by atoms with Gasteiger partial charge in [0, 0.05) is 15.5 Å². The fourth-order valence-corrected chi connectivity index (χ4v) is 5.06. The predicted octanol–water partition coefficient (Wildman–Crippen LogP) is 7.19. The fourth-order valence-electron chi connectivity index (χ4n) is 3.99. The number of halogens is 2. The highest BCUT2D eigenvalue weighted by molar-refractivity contribution is 9.10. The maximum atomic E-state index is 13.2. The Bertz CT molecular complexity index is 1010. The van der Waals surface area contributed by atoms with Crippen LogP contribution in [0.1, 0.15) is 29.5 Å². The number of fused-ring (bicyclic) bond motifs is 1. The number of hydrogen-bond acceptors (Lipinski definition) is 2. The minimum Gasteiger partial charge on any atom is -0.444 e. The average molecular weight is 485 g/mol. The van der Waals surface area contributed by atoms with Crippen molar-refractivity contribution >= 4 is 39.3 Å². The third-order valence-corrected chi connectivity index (χ3v) is 6.29. The molecule has 1 amide bonds. The molecule has 0 spiro atoms. The maximum Gasteiger partial charge on any atom is 0.414 e. The summed E-state index contributed by atoms with van der Waals surface area (Å²) in [6.07, 6.45) is 3.23. The van der Waals surface area contributed by atoms with E-state index in [1.165, 1.54) is 5.56 Å². The van der Waals surface area contributed by atoms with Crippen molar-refractivity contribution in [1.82, 2.24) is 0 Å². The molecule has 5 heteroatoms. The third kappa shape index (κ3) is 4.88. The average Bonchev–Trinajstić information content (AvgIpc) is 2.77. The van der Waals surface area contributed by atoms with Crippen LogP contribution in [-0.4, -0.2) is 12.1 Å². The lowest BCUT2D eigenvalue weighted by Gasteiger charge is -2.37. The molecule has 0 fully saturated rings. The largest absolute Gasteiger partial charge is 0.444 e. The molecule has 1 heterocycles. The molecule has 0 saturated carbocycles. The monoisotopic (exact) mass is 483 g/mol. The number of benzene rings is 3. The molecule has 0 bridgehead atoms. The van der Waals surface area contributed by atoms with E-state index in [4.69, 9.17) is 16.3 Å². The first-order valence-corrected chi connectivity index (χ1v) is 11.3. The van der Waals surface area contributed by atoms with Gasteiger partial charge in [0.25, 0.3) is 0 Å². The third-order valence-electron chi connectivity index (χ3n) is 5.47. The molecule has 3 nitrogen and oxygen atoms in total. The van der Waals surface area contributed by atoms with Gasteiger partial charge >= 0.3 is 6.09 Å². The van der Waals surface area contributed by atoms with Crippen LogP contribution in [0.25, 0.3) is 0 Å². The molecule has 3 aromatic carbocycles. The Morgan fingerprint density at radius 1 is 1.03 bits per heavy atom. The summed E-state index contributed by atoms with van der Waals surface area (Å²) < 4.78 is 6.55. The van der Waals surface area contributed by atoms with Crippen molar-refractivity contribution in [2.45, 2.75) is 38.3 Å². The topological polar surface area (TPSA) is 29.5 Å². The van der Waals surface area contributed by atoms with Gasteiger partial charge in [0.1, 0.15) is 6.61 Å². The molecule has 1 aliphatic rings. The Hall–Kier alpha value is -2.30. The molecule has 154 valence electrons. The van der Waals surface area contributed by atoms with Crippen LogP contribution in [0.15, 0.2) is 77.3 Å². The van der Waals surface area contributed by atoms with E-state index in [2.05, 4.69) is 40.2 Å². The van der Waals surface area contributed by atoms with Crippen molar-refractivity contribution in [3.8, 4) is 0 Å². The SMILES string of the molecule is O=C(OCc1ccccc1)N1c2c(Br)cc(Cl)cc2CCC1CCc1ccccc1. The van der Waals surface area contributed by atoms with Gasteiger partial charge in [-0.15, -0.1) is 0 Å². The highest BCUT2D eigenvalue weighted by Gasteiger charge is 2.34. The Morgan fingerprint density at radius 2 is 1.70 bits per heavy atom. The highest BCUT2D eigenvalue weighted by atomic mass is 79.9. The van der Waals surface area contributed by atoms with Gasteiger partial charge in [-0.05, 0) is 70.4 Å². The van der Waals surface area contributed by atoms with Crippen molar-refractivity contribution < 1.29 is 9.53 Å². The number of carbonyl (C=O) groups excluding carboxylic acids is 1. The fraction of sp³-hybridized carbons (Fsp3) is 0.240. The summed E-state index contributed by atoms with van der Waals surface area (Å²) in [6.45, 7) is 0.252.